The fourth-order valence-electron chi connectivity index (χ4n) is 1.31. The maximum atomic E-state index is 10.4. The Morgan fingerprint density at radius 1 is 1.53 bits per heavy atom. The van der Waals surface area contributed by atoms with Crippen LogP contribution in [0.15, 0.2) is 12.3 Å². The molecule has 0 saturated carbocycles. The van der Waals surface area contributed by atoms with Crippen LogP contribution < -0.4 is 10.4 Å². The number of rotatable bonds is 1. The predicted molar refractivity (Wildman–Crippen MR) is 60.8 cm³/mol. The first-order chi connectivity index (χ1) is 8.13. The SMILES string of the molecule is C1COCC[NH2+]1.Cc1c(C(=O)[O-])ccnc1Cl. The summed E-state index contributed by atoms with van der Waals surface area (Å²) in [6.45, 7) is 5.78. The van der Waals surface area contributed by atoms with E-state index in [-0.39, 0.29) is 10.7 Å². The van der Waals surface area contributed by atoms with E-state index in [2.05, 4.69) is 10.3 Å². The van der Waals surface area contributed by atoms with Crippen LogP contribution in [0.5, 0.6) is 0 Å². The number of nitrogens with zero attached hydrogens (tertiary/aromatic N) is 1. The van der Waals surface area contributed by atoms with Crippen LogP contribution in [0.2, 0.25) is 5.15 Å². The van der Waals surface area contributed by atoms with Crippen molar-refractivity contribution in [3.63, 3.8) is 0 Å². The Kier molecular flexibility index (Phi) is 5.90. The molecule has 6 heteroatoms. The maximum Gasteiger partial charge on any atom is 0.132 e. The van der Waals surface area contributed by atoms with Gasteiger partial charge in [0.25, 0.3) is 0 Å². The van der Waals surface area contributed by atoms with Gasteiger partial charge in [0.2, 0.25) is 0 Å². The van der Waals surface area contributed by atoms with Gasteiger partial charge in [-0.05, 0) is 18.6 Å². The van der Waals surface area contributed by atoms with Crippen molar-refractivity contribution in [2.75, 3.05) is 26.3 Å². The number of quaternary nitrogens is 1. The van der Waals surface area contributed by atoms with Crippen LogP contribution in [-0.2, 0) is 4.74 Å². The zero-order valence-electron chi connectivity index (χ0n) is 9.61. The van der Waals surface area contributed by atoms with Crippen molar-refractivity contribution < 1.29 is 20.0 Å². The van der Waals surface area contributed by atoms with Crippen molar-refractivity contribution in [3.8, 4) is 0 Å². The number of hydrogen-bond donors (Lipinski definition) is 1. The molecule has 0 aromatic carbocycles. The second kappa shape index (κ2) is 7.21. The number of carboxylic acids is 1. The van der Waals surface area contributed by atoms with Crippen LogP contribution in [0, 0.1) is 6.92 Å². The molecule has 0 atom stereocenters. The Morgan fingerprint density at radius 3 is 2.53 bits per heavy atom. The molecule has 5 nitrogen and oxygen atoms in total. The third kappa shape index (κ3) is 4.68. The molecule has 0 unspecified atom stereocenters. The van der Waals surface area contributed by atoms with Gasteiger partial charge in [-0.25, -0.2) is 4.98 Å². The number of aromatic carboxylic acids is 1. The Labute approximate surface area is 105 Å². The molecule has 2 heterocycles. The number of carbonyl (C=O) groups excluding carboxylic acids is 1. The van der Waals surface area contributed by atoms with E-state index in [9.17, 15) is 9.90 Å². The summed E-state index contributed by atoms with van der Waals surface area (Å²) in [4.78, 5) is 14.1. The van der Waals surface area contributed by atoms with Crippen LogP contribution in [-0.4, -0.2) is 37.3 Å². The summed E-state index contributed by atoms with van der Waals surface area (Å²) in [5, 5.41) is 12.8. The van der Waals surface area contributed by atoms with Gasteiger partial charge in [0.15, 0.2) is 0 Å². The fraction of sp³-hybridized carbons (Fsp3) is 0.455. The van der Waals surface area contributed by atoms with Crippen molar-refractivity contribution in [1.82, 2.24) is 4.98 Å². The molecular formula is C11H15ClN2O3. The van der Waals surface area contributed by atoms with Gasteiger partial charge in [-0.15, -0.1) is 0 Å². The molecule has 1 aromatic heterocycles. The summed E-state index contributed by atoms with van der Waals surface area (Å²) in [7, 11) is 0. The van der Waals surface area contributed by atoms with Gasteiger partial charge in [0.1, 0.15) is 5.15 Å². The highest BCUT2D eigenvalue weighted by Crippen LogP contribution is 2.14. The lowest BCUT2D eigenvalue weighted by atomic mass is 10.2. The van der Waals surface area contributed by atoms with E-state index >= 15 is 0 Å². The first kappa shape index (κ1) is 13.9. The Balaban J connectivity index is 0.000000202. The zero-order valence-corrected chi connectivity index (χ0v) is 10.4. The molecule has 1 fully saturated rings. The van der Waals surface area contributed by atoms with Crippen LogP contribution >= 0.6 is 11.6 Å². The summed E-state index contributed by atoms with van der Waals surface area (Å²) >= 11 is 5.56. The van der Waals surface area contributed by atoms with E-state index in [4.69, 9.17) is 16.3 Å². The van der Waals surface area contributed by atoms with Crippen LogP contribution in [0.25, 0.3) is 0 Å². The number of nitrogens with two attached hydrogens (primary N) is 1. The van der Waals surface area contributed by atoms with E-state index in [1.807, 2.05) is 0 Å². The molecular weight excluding hydrogens is 244 g/mol. The highest BCUT2D eigenvalue weighted by molar-refractivity contribution is 6.30. The summed E-state index contributed by atoms with van der Waals surface area (Å²) in [6.07, 6.45) is 1.33. The van der Waals surface area contributed by atoms with Gasteiger partial charge in [-0.2, -0.15) is 0 Å². The Morgan fingerprint density at radius 2 is 2.18 bits per heavy atom. The van der Waals surface area contributed by atoms with Gasteiger partial charge in [-0.1, -0.05) is 11.6 Å². The number of hydrogen-bond acceptors (Lipinski definition) is 4. The van der Waals surface area contributed by atoms with Gasteiger partial charge in [-0.3, -0.25) is 0 Å². The zero-order chi connectivity index (χ0) is 12.7. The molecule has 94 valence electrons. The molecule has 1 saturated heterocycles. The lowest BCUT2D eigenvalue weighted by molar-refractivity contribution is -0.670. The van der Waals surface area contributed by atoms with Crippen molar-refractivity contribution in [2.45, 2.75) is 6.92 Å². The third-order valence-electron chi connectivity index (χ3n) is 2.30. The number of ether oxygens (including phenoxy) is 1. The summed E-state index contributed by atoms with van der Waals surface area (Å²) in [5.41, 5.74) is 0.527. The molecule has 1 aromatic rings. The molecule has 2 rings (SSSR count). The number of carbonyl (C=O) groups is 1. The second-order valence-corrected chi connectivity index (χ2v) is 3.90. The van der Waals surface area contributed by atoms with Crippen LogP contribution in [0.3, 0.4) is 0 Å². The minimum absolute atomic E-state index is 0.0880. The van der Waals surface area contributed by atoms with Crippen LogP contribution in [0.4, 0.5) is 0 Å². The smallest absolute Gasteiger partial charge is 0.132 e. The molecule has 17 heavy (non-hydrogen) atoms. The Bertz CT molecular complexity index is 369. The fourth-order valence-corrected chi connectivity index (χ4v) is 1.47. The normalized spacial score (nSPS) is 14.7. The van der Waals surface area contributed by atoms with Gasteiger partial charge < -0.3 is 20.0 Å². The van der Waals surface area contributed by atoms with E-state index in [1.165, 1.54) is 12.3 Å². The first-order valence-corrected chi connectivity index (χ1v) is 5.72. The molecule has 2 N–H and O–H groups in total. The third-order valence-corrected chi connectivity index (χ3v) is 2.68. The summed E-state index contributed by atoms with van der Waals surface area (Å²) < 4.78 is 5.04. The minimum atomic E-state index is -1.23. The molecule has 0 amide bonds. The number of pyridine rings is 1. The van der Waals surface area contributed by atoms with Gasteiger partial charge >= 0.3 is 0 Å². The average Bonchev–Trinajstić information content (AvgIpc) is 2.35. The minimum Gasteiger partial charge on any atom is -0.545 e. The molecule has 1 aliphatic heterocycles. The summed E-state index contributed by atoms with van der Waals surface area (Å²) in [6, 6.07) is 1.36. The van der Waals surface area contributed by atoms with E-state index in [0.717, 1.165) is 26.3 Å². The standard InChI is InChI=1S/C7H6ClNO2.C4H9NO/c1-4-5(7(10)11)2-3-9-6(4)8;1-3-6-4-2-5-1/h2-3H,1H3,(H,10,11);5H,1-4H2. The van der Waals surface area contributed by atoms with E-state index in [1.54, 1.807) is 6.92 Å². The average molecular weight is 259 g/mol. The predicted octanol–water partition coefficient (Wildman–Crippen LogP) is -1.01. The van der Waals surface area contributed by atoms with Crippen molar-refractivity contribution >= 4 is 17.6 Å². The maximum absolute atomic E-state index is 10.4. The van der Waals surface area contributed by atoms with Crippen molar-refractivity contribution in [2.24, 2.45) is 0 Å². The quantitative estimate of drug-likeness (QED) is 0.655. The number of aromatic nitrogens is 1. The largest absolute Gasteiger partial charge is 0.545 e. The van der Waals surface area contributed by atoms with E-state index < -0.39 is 5.97 Å². The molecule has 0 radical (unpaired) electrons. The Hall–Kier alpha value is -1.17. The molecule has 0 bridgehead atoms. The molecule has 1 aliphatic rings. The van der Waals surface area contributed by atoms with Crippen molar-refractivity contribution in [3.05, 3.63) is 28.5 Å². The highest BCUT2D eigenvalue weighted by Gasteiger charge is 2.02. The lowest BCUT2D eigenvalue weighted by Gasteiger charge is -2.07. The molecule has 0 spiro atoms. The van der Waals surface area contributed by atoms with Gasteiger partial charge in [0, 0.05) is 11.8 Å². The highest BCUT2D eigenvalue weighted by atomic mass is 35.5. The lowest BCUT2D eigenvalue weighted by Crippen LogP contribution is -2.87. The van der Waals surface area contributed by atoms with Gasteiger partial charge in [0.05, 0.1) is 32.3 Å². The number of morpholine rings is 1. The number of carboxylic acid groups (broad SMARTS) is 1. The van der Waals surface area contributed by atoms with Crippen LogP contribution in [0.1, 0.15) is 15.9 Å². The molecule has 0 aliphatic carbocycles. The monoisotopic (exact) mass is 258 g/mol. The number of halogens is 1. The first-order valence-electron chi connectivity index (χ1n) is 5.34. The van der Waals surface area contributed by atoms with Crippen molar-refractivity contribution in [1.29, 1.82) is 0 Å². The summed E-state index contributed by atoms with van der Waals surface area (Å²) in [5.74, 6) is -1.23. The second-order valence-electron chi connectivity index (χ2n) is 3.54. The topological polar surface area (TPSA) is 78.9 Å². The van der Waals surface area contributed by atoms with E-state index in [0.29, 0.717) is 5.56 Å².